The van der Waals surface area contributed by atoms with Crippen LogP contribution in [0.25, 0.3) is 0 Å². The van der Waals surface area contributed by atoms with Crippen LogP contribution in [0.15, 0.2) is 11.6 Å². The topological polar surface area (TPSA) is 43.4 Å². The average Bonchev–Trinajstić information content (AvgIpc) is 3.01. The quantitative estimate of drug-likeness (QED) is 0.314. The number of allylic oxidation sites excluding steroid dienone is 2. The number of rotatable bonds is 3. The van der Waals surface area contributed by atoms with Gasteiger partial charge in [0.25, 0.3) is 0 Å². The Bertz CT molecular complexity index is 701. The maximum Gasteiger partial charge on any atom is 0.304 e. The fourth-order valence-electron chi connectivity index (χ4n) is 7.65. The van der Waals surface area contributed by atoms with E-state index in [0.717, 1.165) is 51.2 Å². The second-order valence-corrected chi connectivity index (χ2v) is 9.35. The highest BCUT2D eigenvalue weighted by Gasteiger charge is 2.65. The lowest BCUT2D eigenvalue weighted by atomic mass is 9.49. The Hall–Kier alpha value is -1.56. The molecule has 3 fully saturated rings. The average molecular weight is 369 g/mol. The fraction of sp³-hybridized carbons (Fsp3) is 0.750. The minimum Gasteiger partial charge on any atom is -0.445 e. The van der Waals surface area contributed by atoms with Crippen LogP contribution in [-0.4, -0.2) is 17.9 Å². The van der Waals surface area contributed by atoms with Gasteiger partial charge in [-0.05, 0) is 81.5 Å². The van der Waals surface area contributed by atoms with Gasteiger partial charge in [0.1, 0.15) is 6.29 Å². The molecule has 0 aromatic heterocycles. The molecule has 3 saturated carbocycles. The predicted octanol–water partition coefficient (Wildman–Crippen LogP) is 4.70. The molecule has 4 aliphatic rings. The summed E-state index contributed by atoms with van der Waals surface area (Å²) in [7, 11) is 0. The van der Waals surface area contributed by atoms with Gasteiger partial charge in [0.05, 0.1) is 0 Å². The second kappa shape index (κ2) is 6.80. The fourth-order valence-corrected chi connectivity index (χ4v) is 7.65. The summed E-state index contributed by atoms with van der Waals surface area (Å²) < 4.78 is 5.90. The third kappa shape index (κ3) is 2.63. The van der Waals surface area contributed by atoms with Crippen molar-refractivity contribution in [3.05, 3.63) is 11.6 Å². The number of aldehydes is 1. The Morgan fingerprint density at radius 2 is 2.07 bits per heavy atom. The van der Waals surface area contributed by atoms with Crippen molar-refractivity contribution in [2.24, 2.45) is 35.0 Å². The molecule has 4 aliphatic carbocycles. The highest BCUT2D eigenvalue weighted by molar-refractivity contribution is 5.67. The summed E-state index contributed by atoms with van der Waals surface area (Å²) in [5.74, 6) is 5.47. The zero-order valence-corrected chi connectivity index (χ0v) is 16.7. The van der Waals surface area contributed by atoms with Gasteiger partial charge >= 0.3 is 5.97 Å². The molecule has 1 unspecified atom stereocenters. The molecule has 7 atom stereocenters. The van der Waals surface area contributed by atoms with Gasteiger partial charge < -0.3 is 9.53 Å². The summed E-state index contributed by atoms with van der Waals surface area (Å²) in [6.45, 7) is 3.72. The van der Waals surface area contributed by atoms with Crippen molar-refractivity contribution in [3.63, 3.8) is 0 Å². The number of ether oxygens (including phenoxy) is 1. The molecule has 0 aliphatic heterocycles. The van der Waals surface area contributed by atoms with E-state index in [1.54, 1.807) is 5.57 Å². The summed E-state index contributed by atoms with van der Waals surface area (Å²) in [5.41, 5.74) is 0.773. The summed E-state index contributed by atoms with van der Waals surface area (Å²) in [4.78, 5) is 23.1. The first-order valence-electron chi connectivity index (χ1n) is 10.8. The van der Waals surface area contributed by atoms with Crippen LogP contribution in [-0.2, 0) is 14.3 Å². The van der Waals surface area contributed by atoms with Crippen molar-refractivity contribution in [1.29, 1.82) is 0 Å². The second-order valence-electron chi connectivity index (χ2n) is 9.35. The first kappa shape index (κ1) is 18.8. The van der Waals surface area contributed by atoms with E-state index in [0.29, 0.717) is 23.7 Å². The number of fused-ring (bicyclic) bond motifs is 5. The maximum atomic E-state index is 11.9. The van der Waals surface area contributed by atoms with Gasteiger partial charge in [-0.3, -0.25) is 4.79 Å². The number of carbonyl (C=O) groups excluding carboxylic acids is 2. The molecule has 0 saturated heterocycles. The van der Waals surface area contributed by atoms with Crippen molar-refractivity contribution in [2.45, 2.75) is 77.2 Å². The Labute approximate surface area is 163 Å². The molecule has 0 N–H and O–H groups in total. The number of hydrogen-bond donors (Lipinski definition) is 0. The lowest BCUT2D eigenvalue weighted by Gasteiger charge is -2.56. The molecule has 0 aromatic rings. The normalized spacial score (nSPS) is 45.5. The lowest BCUT2D eigenvalue weighted by molar-refractivity contribution is -0.170. The molecular weight excluding hydrogens is 336 g/mol. The van der Waals surface area contributed by atoms with Gasteiger partial charge in [-0.25, -0.2) is 0 Å². The van der Waals surface area contributed by atoms with Crippen LogP contribution in [0, 0.1) is 47.3 Å². The lowest BCUT2D eigenvalue weighted by Crippen LogP contribution is -2.55. The van der Waals surface area contributed by atoms with Crippen molar-refractivity contribution in [3.8, 4) is 12.3 Å². The van der Waals surface area contributed by atoms with E-state index in [-0.39, 0.29) is 17.3 Å². The molecule has 0 heterocycles. The first-order valence-corrected chi connectivity index (χ1v) is 10.8. The Kier molecular flexibility index (Phi) is 4.73. The first-order chi connectivity index (χ1) is 13.0. The predicted molar refractivity (Wildman–Crippen MR) is 105 cm³/mol. The third-order valence-corrected chi connectivity index (χ3v) is 8.67. The number of carbonyl (C=O) groups is 2. The van der Waals surface area contributed by atoms with Crippen LogP contribution < -0.4 is 0 Å². The Morgan fingerprint density at radius 1 is 1.26 bits per heavy atom. The van der Waals surface area contributed by atoms with Crippen LogP contribution in [0.4, 0.5) is 0 Å². The molecule has 4 rings (SSSR count). The molecule has 0 spiro atoms. The van der Waals surface area contributed by atoms with E-state index in [1.807, 2.05) is 0 Å². The van der Waals surface area contributed by atoms with Crippen LogP contribution in [0.1, 0.15) is 71.6 Å². The third-order valence-electron chi connectivity index (χ3n) is 8.67. The number of esters is 1. The minimum absolute atomic E-state index is 0.0597. The van der Waals surface area contributed by atoms with E-state index in [2.05, 4.69) is 18.9 Å². The minimum atomic E-state index is -0.714. The largest absolute Gasteiger partial charge is 0.445 e. The van der Waals surface area contributed by atoms with Gasteiger partial charge in [-0.1, -0.05) is 24.5 Å². The maximum absolute atomic E-state index is 11.9. The van der Waals surface area contributed by atoms with Crippen LogP contribution in [0.5, 0.6) is 0 Å². The van der Waals surface area contributed by atoms with Crippen LogP contribution in [0.2, 0.25) is 0 Å². The van der Waals surface area contributed by atoms with Gasteiger partial charge in [0.15, 0.2) is 5.60 Å². The zero-order chi connectivity index (χ0) is 19.2. The van der Waals surface area contributed by atoms with E-state index in [4.69, 9.17) is 11.2 Å². The Morgan fingerprint density at radius 3 is 2.74 bits per heavy atom. The number of hydrogen-bond acceptors (Lipinski definition) is 3. The van der Waals surface area contributed by atoms with Crippen molar-refractivity contribution in [2.75, 3.05) is 0 Å². The summed E-state index contributed by atoms with van der Waals surface area (Å²) in [6, 6.07) is 0. The van der Waals surface area contributed by atoms with Crippen molar-refractivity contribution in [1.82, 2.24) is 0 Å². The van der Waals surface area contributed by atoms with Gasteiger partial charge in [0, 0.05) is 18.3 Å². The van der Waals surface area contributed by atoms with Crippen LogP contribution in [0.3, 0.4) is 0 Å². The SMILES string of the molecule is C#C[C@]1(OC(C)=O)CC[C@H]2[C@@H]3CCC4=CC(C=O)CC[C@@H]4[C@H]3CC[C@@]21CC. The molecule has 3 heteroatoms. The standard InChI is InChI=1S/C24H32O3/c1-4-23-12-10-20-19-8-6-17(15-25)14-18(19)7-9-21(20)22(23)11-13-24(23,5-2)27-16(3)26/h2,14-15,17,19-22H,4,6-13H2,1,3H3/t17?,19-,20+,21+,22-,23-,24-/m0/s1. The number of terminal acetylenes is 1. The molecule has 0 aromatic carbocycles. The van der Waals surface area contributed by atoms with Gasteiger partial charge in [0.2, 0.25) is 0 Å². The highest BCUT2D eigenvalue weighted by atomic mass is 16.6. The monoisotopic (exact) mass is 368 g/mol. The van der Waals surface area contributed by atoms with E-state index in [9.17, 15) is 9.59 Å². The van der Waals surface area contributed by atoms with Gasteiger partial charge in [-0.15, -0.1) is 6.42 Å². The van der Waals surface area contributed by atoms with Crippen molar-refractivity contribution >= 4 is 12.3 Å². The summed E-state index contributed by atoms with van der Waals surface area (Å²) in [6.07, 6.45) is 19.0. The zero-order valence-electron chi connectivity index (χ0n) is 16.7. The summed E-state index contributed by atoms with van der Waals surface area (Å²) >= 11 is 0. The van der Waals surface area contributed by atoms with Crippen molar-refractivity contribution < 1.29 is 14.3 Å². The highest BCUT2D eigenvalue weighted by Crippen LogP contribution is 2.67. The van der Waals surface area contributed by atoms with E-state index < -0.39 is 5.60 Å². The molecule has 146 valence electrons. The molecular formula is C24H32O3. The molecule has 0 amide bonds. The molecule has 0 bridgehead atoms. The van der Waals surface area contributed by atoms with E-state index in [1.165, 1.54) is 19.8 Å². The Balaban J connectivity index is 1.65. The molecule has 0 radical (unpaired) electrons. The summed E-state index contributed by atoms with van der Waals surface area (Å²) in [5, 5.41) is 0. The molecule has 3 nitrogen and oxygen atoms in total. The molecule has 27 heavy (non-hydrogen) atoms. The van der Waals surface area contributed by atoms with Gasteiger partial charge in [-0.2, -0.15) is 0 Å². The van der Waals surface area contributed by atoms with E-state index >= 15 is 0 Å². The smallest absolute Gasteiger partial charge is 0.304 e. The van der Waals surface area contributed by atoms with Crippen LogP contribution >= 0.6 is 0 Å².